The molecule has 4 unspecified atom stereocenters. The average molecular weight is 241 g/mol. The Kier molecular flexibility index (Phi) is 3.38. The summed E-state index contributed by atoms with van der Waals surface area (Å²) >= 11 is 0. The Balaban J connectivity index is 1.96. The Hall–Kier alpha value is -1.10. The average Bonchev–Trinajstić information content (AvgIpc) is 2.83. The molecule has 2 aliphatic rings. The molecule has 96 valence electrons. The Morgan fingerprint density at radius 1 is 1.24 bits per heavy atom. The molecule has 17 heavy (non-hydrogen) atoms. The molecule has 0 aromatic rings. The molecule has 2 rings (SSSR count). The van der Waals surface area contributed by atoms with E-state index in [-0.39, 0.29) is 24.0 Å². The quantitative estimate of drug-likeness (QED) is 0.774. The summed E-state index contributed by atoms with van der Waals surface area (Å²) in [6, 6.07) is 0. The molecule has 0 aromatic carbocycles. The first-order valence-electron chi connectivity index (χ1n) is 6.16. The third-order valence-corrected chi connectivity index (χ3v) is 3.75. The summed E-state index contributed by atoms with van der Waals surface area (Å²) in [6.07, 6.45) is 1.44. The van der Waals surface area contributed by atoms with Crippen LogP contribution in [0.1, 0.15) is 26.7 Å². The van der Waals surface area contributed by atoms with E-state index in [0.717, 1.165) is 12.8 Å². The summed E-state index contributed by atoms with van der Waals surface area (Å²) in [5, 5.41) is 9.02. The smallest absolute Gasteiger partial charge is 0.308 e. The van der Waals surface area contributed by atoms with Crippen LogP contribution < -0.4 is 0 Å². The van der Waals surface area contributed by atoms with Crippen molar-refractivity contribution in [1.29, 1.82) is 0 Å². The van der Waals surface area contributed by atoms with Crippen molar-refractivity contribution in [2.45, 2.75) is 38.9 Å². The molecule has 0 bridgehead atoms. The maximum Gasteiger partial charge on any atom is 0.308 e. The number of amides is 1. The second kappa shape index (κ2) is 4.64. The Morgan fingerprint density at radius 2 is 1.94 bits per heavy atom. The number of carboxylic acid groups (broad SMARTS) is 1. The van der Waals surface area contributed by atoms with Crippen molar-refractivity contribution in [3.8, 4) is 0 Å². The normalized spacial score (nSPS) is 37.4. The summed E-state index contributed by atoms with van der Waals surface area (Å²) in [7, 11) is 0. The lowest BCUT2D eigenvalue weighted by atomic mass is 9.99. The SMILES string of the molecule is CC1CCC(C(=O)N2CC(C)C(C(=O)O)C2)O1. The first-order chi connectivity index (χ1) is 7.99. The minimum atomic E-state index is -0.812. The molecule has 0 saturated carbocycles. The van der Waals surface area contributed by atoms with E-state index in [1.54, 1.807) is 4.90 Å². The fourth-order valence-corrected chi connectivity index (χ4v) is 2.66. The molecule has 0 radical (unpaired) electrons. The number of carboxylic acids is 1. The van der Waals surface area contributed by atoms with Crippen LogP contribution in [0, 0.1) is 11.8 Å². The van der Waals surface area contributed by atoms with Crippen molar-refractivity contribution in [2.75, 3.05) is 13.1 Å². The first kappa shape index (κ1) is 12.4. The highest BCUT2D eigenvalue weighted by Crippen LogP contribution is 2.27. The van der Waals surface area contributed by atoms with Gasteiger partial charge in [-0.25, -0.2) is 0 Å². The molecule has 0 aliphatic carbocycles. The summed E-state index contributed by atoms with van der Waals surface area (Å²) in [5.74, 6) is -1.26. The second-order valence-corrected chi connectivity index (χ2v) is 5.18. The highest BCUT2D eigenvalue weighted by molar-refractivity contribution is 5.83. The molecule has 2 saturated heterocycles. The maximum atomic E-state index is 12.1. The van der Waals surface area contributed by atoms with Crippen molar-refractivity contribution in [1.82, 2.24) is 4.90 Å². The van der Waals surface area contributed by atoms with Gasteiger partial charge in [0.1, 0.15) is 6.10 Å². The van der Waals surface area contributed by atoms with Crippen LogP contribution in [0.15, 0.2) is 0 Å². The van der Waals surface area contributed by atoms with Crippen LogP contribution in [-0.2, 0) is 14.3 Å². The summed E-state index contributed by atoms with van der Waals surface area (Å²) in [6.45, 7) is 4.69. The molecule has 4 atom stereocenters. The van der Waals surface area contributed by atoms with E-state index in [4.69, 9.17) is 9.84 Å². The standard InChI is InChI=1S/C12H19NO4/c1-7-5-13(6-9(7)12(15)16)11(14)10-4-3-8(2)17-10/h7-10H,3-6H2,1-2H3,(H,15,16). The van der Waals surface area contributed by atoms with Crippen molar-refractivity contribution in [3.05, 3.63) is 0 Å². The molecule has 2 fully saturated rings. The highest BCUT2D eigenvalue weighted by atomic mass is 16.5. The van der Waals surface area contributed by atoms with Gasteiger partial charge in [-0.3, -0.25) is 9.59 Å². The molecule has 2 aliphatic heterocycles. The fraction of sp³-hybridized carbons (Fsp3) is 0.833. The topological polar surface area (TPSA) is 66.8 Å². The molecule has 1 N–H and O–H groups in total. The third-order valence-electron chi connectivity index (χ3n) is 3.75. The molecular weight excluding hydrogens is 222 g/mol. The van der Waals surface area contributed by atoms with Crippen LogP contribution in [0.3, 0.4) is 0 Å². The van der Waals surface area contributed by atoms with Crippen LogP contribution in [0.25, 0.3) is 0 Å². The van der Waals surface area contributed by atoms with Gasteiger partial charge in [0.15, 0.2) is 0 Å². The lowest BCUT2D eigenvalue weighted by Gasteiger charge is -2.20. The lowest BCUT2D eigenvalue weighted by molar-refractivity contribution is -0.143. The van der Waals surface area contributed by atoms with E-state index >= 15 is 0 Å². The third kappa shape index (κ3) is 2.44. The van der Waals surface area contributed by atoms with Gasteiger partial charge in [0.25, 0.3) is 5.91 Å². The highest BCUT2D eigenvalue weighted by Gasteiger charge is 2.40. The van der Waals surface area contributed by atoms with Gasteiger partial charge in [-0.2, -0.15) is 0 Å². The zero-order valence-electron chi connectivity index (χ0n) is 10.3. The predicted molar refractivity (Wildman–Crippen MR) is 60.4 cm³/mol. The maximum absolute atomic E-state index is 12.1. The largest absolute Gasteiger partial charge is 0.481 e. The molecule has 2 heterocycles. The number of carbonyl (C=O) groups is 2. The Labute approximate surface area is 101 Å². The van der Waals surface area contributed by atoms with Crippen molar-refractivity contribution in [2.24, 2.45) is 11.8 Å². The van der Waals surface area contributed by atoms with Crippen LogP contribution in [0.4, 0.5) is 0 Å². The van der Waals surface area contributed by atoms with E-state index in [1.165, 1.54) is 0 Å². The summed E-state index contributed by atoms with van der Waals surface area (Å²) < 4.78 is 5.53. The van der Waals surface area contributed by atoms with Crippen molar-refractivity contribution >= 4 is 11.9 Å². The lowest BCUT2D eigenvalue weighted by Crippen LogP contribution is -2.38. The Morgan fingerprint density at radius 3 is 2.41 bits per heavy atom. The fourth-order valence-electron chi connectivity index (χ4n) is 2.66. The Bertz CT molecular complexity index is 330. The zero-order chi connectivity index (χ0) is 12.6. The molecule has 5 nitrogen and oxygen atoms in total. The number of carbonyl (C=O) groups excluding carboxylic acids is 1. The van der Waals surface area contributed by atoms with E-state index in [2.05, 4.69) is 0 Å². The van der Waals surface area contributed by atoms with E-state index < -0.39 is 11.9 Å². The van der Waals surface area contributed by atoms with Gasteiger partial charge >= 0.3 is 5.97 Å². The number of nitrogens with zero attached hydrogens (tertiary/aromatic N) is 1. The number of hydrogen-bond acceptors (Lipinski definition) is 3. The second-order valence-electron chi connectivity index (χ2n) is 5.18. The number of likely N-dealkylation sites (tertiary alicyclic amines) is 1. The molecule has 1 amide bonds. The summed E-state index contributed by atoms with van der Waals surface area (Å²) in [4.78, 5) is 24.7. The minimum Gasteiger partial charge on any atom is -0.481 e. The van der Waals surface area contributed by atoms with Gasteiger partial charge in [-0.1, -0.05) is 6.92 Å². The van der Waals surface area contributed by atoms with Gasteiger partial charge in [0, 0.05) is 13.1 Å². The molecule has 0 aromatic heterocycles. The van der Waals surface area contributed by atoms with Crippen LogP contribution in [-0.4, -0.2) is 47.2 Å². The van der Waals surface area contributed by atoms with Crippen LogP contribution in [0.5, 0.6) is 0 Å². The van der Waals surface area contributed by atoms with Crippen molar-refractivity contribution in [3.63, 3.8) is 0 Å². The number of hydrogen-bond donors (Lipinski definition) is 1. The van der Waals surface area contributed by atoms with E-state index in [9.17, 15) is 9.59 Å². The predicted octanol–water partition coefficient (Wildman–Crippen LogP) is 0.733. The zero-order valence-corrected chi connectivity index (χ0v) is 10.3. The first-order valence-corrected chi connectivity index (χ1v) is 6.16. The van der Waals surface area contributed by atoms with Crippen LogP contribution in [0.2, 0.25) is 0 Å². The van der Waals surface area contributed by atoms with E-state index in [1.807, 2.05) is 13.8 Å². The number of ether oxygens (including phenoxy) is 1. The van der Waals surface area contributed by atoms with Crippen LogP contribution >= 0.6 is 0 Å². The molecular formula is C12H19NO4. The van der Waals surface area contributed by atoms with Gasteiger partial charge in [0.05, 0.1) is 12.0 Å². The van der Waals surface area contributed by atoms with Gasteiger partial charge in [-0.15, -0.1) is 0 Å². The van der Waals surface area contributed by atoms with Gasteiger partial charge in [-0.05, 0) is 25.7 Å². The van der Waals surface area contributed by atoms with E-state index in [0.29, 0.717) is 13.1 Å². The van der Waals surface area contributed by atoms with Gasteiger partial charge < -0.3 is 14.7 Å². The monoisotopic (exact) mass is 241 g/mol. The minimum absolute atomic E-state index is 0.0234. The number of rotatable bonds is 2. The van der Waals surface area contributed by atoms with Crippen molar-refractivity contribution < 1.29 is 19.4 Å². The number of aliphatic carboxylic acids is 1. The summed E-state index contributed by atoms with van der Waals surface area (Å²) in [5.41, 5.74) is 0. The molecule has 5 heteroatoms. The van der Waals surface area contributed by atoms with Gasteiger partial charge in [0.2, 0.25) is 0 Å². The molecule has 0 spiro atoms.